The van der Waals surface area contributed by atoms with Gasteiger partial charge in [-0.25, -0.2) is 0 Å². The molecule has 3 aliphatic heterocycles. The van der Waals surface area contributed by atoms with Gasteiger partial charge in [-0.05, 0) is 12.5 Å². The molecule has 2 fully saturated rings. The van der Waals surface area contributed by atoms with Crippen molar-refractivity contribution in [3.05, 3.63) is 29.8 Å². The highest BCUT2D eigenvalue weighted by Crippen LogP contribution is 2.35. The monoisotopic (exact) mass is 344 g/mol. The van der Waals surface area contributed by atoms with Crippen molar-refractivity contribution in [1.29, 1.82) is 0 Å². The predicted octanol–water partition coefficient (Wildman–Crippen LogP) is 1.58. The van der Waals surface area contributed by atoms with Crippen LogP contribution >= 0.6 is 0 Å². The summed E-state index contributed by atoms with van der Waals surface area (Å²) in [5, 5.41) is 0. The molecule has 0 saturated carbocycles. The first-order valence-electron chi connectivity index (χ1n) is 9.05. The average Bonchev–Trinajstić information content (AvgIpc) is 2.93. The van der Waals surface area contributed by atoms with Crippen molar-refractivity contribution in [2.75, 3.05) is 32.8 Å². The molecule has 0 aromatic heterocycles. The fourth-order valence-corrected chi connectivity index (χ4v) is 3.92. The Bertz CT molecular complexity index is 669. The summed E-state index contributed by atoms with van der Waals surface area (Å²) in [6.45, 7) is 3.23. The normalized spacial score (nSPS) is 22.5. The van der Waals surface area contributed by atoms with Gasteiger partial charge in [0.1, 0.15) is 11.4 Å². The highest BCUT2D eigenvalue weighted by atomic mass is 16.5. The van der Waals surface area contributed by atoms with Crippen LogP contribution < -0.4 is 4.74 Å². The Morgan fingerprint density at radius 1 is 1.20 bits per heavy atom. The minimum Gasteiger partial charge on any atom is -0.485 e. The van der Waals surface area contributed by atoms with Crippen LogP contribution in [0.5, 0.6) is 5.75 Å². The molecule has 0 N–H and O–H groups in total. The van der Waals surface area contributed by atoms with E-state index in [1.807, 2.05) is 29.2 Å². The molecule has 6 heteroatoms. The second kappa shape index (κ2) is 6.67. The van der Waals surface area contributed by atoms with Crippen LogP contribution in [0.15, 0.2) is 24.3 Å². The zero-order valence-corrected chi connectivity index (χ0v) is 14.4. The third-order valence-electron chi connectivity index (χ3n) is 5.39. The smallest absolute Gasteiger partial charge is 0.242 e. The fourth-order valence-electron chi connectivity index (χ4n) is 3.92. The fraction of sp³-hybridized carbons (Fsp3) is 0.579. The van der Waals surface area contributed by atoms with Gasteiger partial charge in [0.25, 0.3) is 0 Å². The van der Waals surface area contributed by atoms with Gasteiger partial charge in [0.05, 0.1) is 26.3 Å². The maximum atomic E-state index is 12.9. The highest BCUT2D eigenvalue weighted by molar-refractivity contribution is 5.86. The zero-order valence-electron chi connectivity index (χ0n) is 14.4. The van der Waals surface area contributed by atoms with Gasteiger partial charge in [-0.3, -0.25) is 9.59 Å². The van der Waals surface area contributed by atoms with Crippen molar-refractivity contribution in [2.24, 2.45) is 0 Å². The Balaban J connectivity index is 1.58. The molecule has 0 bridgehead atoms. The summed E-state index contributed by atoms with van der Waals surface area (Å²) in [6, 6.07) is 7.92. The number of hydrogen-bond acceptors (Lipinski definition) is 4. The van der Waals surface area contributed by atoms with Crippen molar-refractivity contribution in [1.82, 2.24) is 9.80 Å². The molecule has 1 spiro atoms. The molecule has 6 nitrogen and oxygen atoms in total. The molecule has 1 aromatic rings. The van der Waals surface area contributed by atoms with Crippen LogP contribution in [0.4, 0.5) is 0 Å². The van der Waals surface area contributed by atoms with E-state index in [4.69, 9.17) is 9.47 Å². The van der Waals surface area contributed by atoms with E-state index in [1.165, 1.54) is 0 Å². The Kier molecular flexibility index (Phi) is 4.37. The first kappa shape index (κ1) is 16.4. The Labute approximate surface area is 147 Å². The van der Waals surface area contributed by atoms with Gasteiger partial charge in [-0.15, -0.1) is 0 Å². The highest BCUT2D eigenvalue weighted by Gasteiger charge is 2.41. The van der Waals surface area contributed by atoms with E-state index >= 15 is 0 Å². The zero-order chi connectivity index (χ0) is 17.3. The lowest BCUT2D eigenvalue weighted by Crippen LogP contribution is -2.52. The van der Waals surface area contributed by atoms with Crippen molar-refractivity contribution in [2.45, 2.75) is 37.8 Å². The number of rotatable bonds is 2. The number of benzene rings is 1. The van der Waals surface area contributed by atoms with Gasteiger partial charge in [0, 0.05) is 37.9 Å². The number of ether oxygens (including phenoxy) is 2. The van der Waals surface area contributed by atoms with E-state index in [0.717, 1.165) is 30.6 Å². The van der Waals surface area contributed by atoms with E-state index in [-0.39, 0.29) is 18.4 Å². The van der Waals surface area contributed by atoms with E-state index in [0.29, 0.717) is 39.3 Å². The lowest BCUT2D eigenvalue weighted by Gasteiger charge is -2.39. The summed E-state index contributed by atoms with van der Waals surface area (Å²) in [5.41, 5.74) is 0.627. The van der Waals surface area contributed by atoms with Gasteiger partial charge >= 0.3 is 0 Å². The number of fused-ring (bicyclic) bond motifs is 1. The van der Waals surface area contributed by atoms with E-state index in [2.05, 4.69) is 0 Å². The molecule has 0 radical (unpaired) electrons. The van der Waals surface area contributed by atoms with Gasteiger partial charge in [0.15, 0.2) is 0 Å². The first-order chi connectivity index (χ1) is 12.2. The molecule has 25 heavy (non-hydrogen) atoms. The second-order valence-electron chi connectivity index (χ2n) is 7.17. The number of para-hydroxylation sites is 1. The van der Waals surface area contributed by atoms with Crippen LogP contribution in [0.3, 0.4) is 0 Å². The summed E-state index contributed by atoms with van der Waals surface area (Å²) < 4.78 is 11.9. The number of carbonyl (C=O) groups is 2. The van der Waals surface area contributed by atoms with Crippen LogP contribution in [0.25, 0.3) is 0 Å². The molecule has 0 unspecified atom stereocenters. The average molecular weight is 344 g/mol. The maximum absolute atomic E-state index is 12.9. The quantitative estimate of drug-likeness (QED) is 0.817. The predicted molar refractivity (Wildman–Crippen MR) is 91.1 cm³/mol. The summed E-state index contributed by atoms with van der Waals surface area (Å²) in [4.78, 5) is 28.3. The molecule has 134 valence electrons. The van der Waals surface area contributed by atoms with Crippen molar-refractivity contribution in [3.63, 3.8) is 0 Å². The van der Waals surface area contributed by atoms with Gasteiger partial charge in [-0.1, -0.05) is 18.2 Å². The Morgan fingerprint density at radius 2 is 2.00 bits per heavy atom. The number of likely N-dealkylation sites (tertiary alicyclic amines) is 1. The van der Waals surface area contributed by atoms with E-state index < -0.39 is 5.60 Å². The first-order valence-corrected chi connectivity index (χ1v) is 9.05. The van der Waals surface area contributed by atoms with E-state index in [1.54, 1.807) is 4.90 Å². The molecule has 3 heterocycles. The maximum Gasteiger partial charge on any atom is 0.242 e. The number of carbonyl (C=O) groups excluding carboxylic acids is 2. The van der Waals surface area contributed by atoms with Crippen molar-refractivity contribution >= 4 is 11.8 Å². The standard InChI is InChI=1S/C19H24N2O4/c22-17-6-3-9-20(17)13-18(23)21-12-15-4-1-2-5-16(15)25-19(14-21)7-10-24-11-8-19/h1-2,4-5H,3,6-14H2. The van der Waals surface area contributed by atoms with Gasteiger partial charge < -0.3 is 19.3 Å². The molecule has 1 aromatic carbocycles. The molecule has 4 rings (SSSR count). The number of amides is 2. The van der Waals surface area contributed by atoms with E-state index in [9.17, 15) is 9.59 Å². The SMILES string of the molecule is O=C1CCCN1CC(=O)N1Cc2ccccc2OC2(CCOCC2)C1. The lowest BCUT2D eigenvalue weighted by molar-refractivity contribution is -0.141. The minimum absolute atomic E-state index is 0.00131. The van der Waals surface area contributed by atoms with Crippen LogP contribution in [-0.2, 0) is 20.9 Å². The molecular weight excluding hydrogens is 320 g/mol. The molecular formula is C19H24N2O4. The molecule has 0 atom stereocenters. The Hall–Kier alpha value is -2.08. The van der Waals surface area contributed by atoms with Crippen LogP contribution in [-0.4, -0.2) is 60.1 Å². The van der Waals surface area contributed by atoms with Crippen LogP contribution in [0.1, 0.15) is 31.2 Å². The van der Waals surface area contributed by atoms with Gasteiger partial charge in [0.2, 0.25) is 11.8 Å². The van der Waals surface area contributed by atoms with Crippen molar-refractivity contribution in [3.8, 4) is 5.75 Å². The van der Waals surface area contributed by atoms with Crippen LogP contribution in [0, 0.1) is 0 Å². The minimum atomic E-state index is -0.393. The van der Waals surface area contributed by atoms with Crippen LogP contribution in [0.2, 0.25) is 0 Å². The molecule has 0 aliphatic carbocycles. The number of nitrogens with zero attached hydrogens (tertiary/aromatic N) is 2. The molecule has 3 aliphatic rings. The van der Waals surface area contributed by atoms with Gasteiger partial charge in [-0.2, -0.15) is 0 Å². The summed E-state index contributed by atoms with van der Waals surface area (Å²) >= 11 is 0. The summed E-state index contributed by atoms with van der Waals surface area (Å²) in [6.07, 6.45) is 2.95. The third kappa shape index (κ3) is 3.35. The second-order valence-corrected chi connectivity index (χ2v) is 7.17. The topological polar surface area (TPSA) is 59.1 Å². The summed E-state index contributed by atoms with van der Waals surface area (Å²) in [7, 11) is 0. The third-order valence-corrected chi connectivity index (χ3v) is 5.39. The number of hydrogen-bond donors (Lipinski definition) is 0. The molecule has 2 saturated heterocycles. The summed E-state index contributed by atoms with van der Waals surface area (Å²) in [5.74, 6) is 0.943. The van der Waals surface area contributed by atoms with Crippen molar-refractivity contribution < 1.29 is 19.1 Å². The molecule has 2 amide bonds. The Morgan fingerprint density at radius 3 is 2.76 bits per heavy atom. The largest absolute Gasteiger partial charge is 0.485 e. The lowest BCUT2D eigenvalue weighted by atomic mass is 9.93.